The molecule has 2 saturated heterocycles. The minimum absolute atomic E-state index is 0.0176. The van der Waals surface area contributed by atoms with E-state index < -0.39 is 144 Å². The van der Waals surface area contributed by atoms with Crippen molar-refractivity contribution in [2.45, 2.75) is 166 Å². The summed E-state index contributed by atoms with van der Waals surface area (Å²) in [4.78, 5) is 171. The van der Waals surface area contributed by atoms with E-state index in [1.165, 1.54) is 24.0 Å². The Kier molecular flexibility index (Phi) is 26.0. The first kappa shape index (κ1) is 67.8. The lowest BCUT2D eigenvalue weighted by Gasteiger charge is -2.31. The fourth-order valence-corrected chi connectivity index (χ4v) is 10.1. The number of carbonyl (C=O) groups excluding carboxylic acids is 12. The zero-order valence-corrected chi connectivity index (χ0v) is 49.2. The molecule has 0 aromatic heterocycles. The largest absolute Gasteiger partial charge is 0.508 e. The molecule has 0 radical (unpaired) electrons. The maximum absolute atomic E-state index is 15.0. The average molecular weight is 1190 g/mol. The number of phenols is 1. The Balaban J connectivity index is 1.62. The van der Waals surface area contributed by atoms with E-state index in [1.54, 1.807) is 100 Å². The summed E-state index contributed by atoms with van der Waals surface area (Å²) in [6.45, 7) is 8.54. The molecule has 12 amide bonds. The number of fused-ring (bicyclic) bond motifs is 1. The van der Waals surface area contributed by atoms with Crippen LogP contribution in [0.3, 0.4) is 0 Å². The van der Waals surface area contributed by atoms with E-state index in [9.17, 15) is 57.8 Å². The van der Waals surface area contributed by atoms with E-state index >= 15 is 4.79 Å². The Bertz CT molecular complexity index is 2880. The summed E-state index contributed by atoms with van der Waals surface area (Å²) in [5, 5.41) is 33.7. The first-order valence-corrected chi connectivity index (χ1v) is 29.0. The molecule has 0 aliphatic carbocycles. The lowest BCUT2D eigenvalue weighted by Crippen LogP contribution is -2.62. The van der Waals surface area contributed by atoms with Crippen molar-refractivity contribution < 1.29 is 62.6 Å². The van der Waals surface area contributed by atoms with Gasteiger partial charge in [0.05, 0.1) is 12.8 Å². The minimum Gasteiger partial charge on any atom is -0.508 e. The molecule has 2 fully saturated rings. The number of rotatable bonds is 17. The van der Waals surface area contributed by atoms with Gasteiger partial charge in [0.2, 0.25) is 70.9 Å². The molecule has 2 heterocycles. The zero-order valence-electron chi connectivity index (χ0n) is 49.2. The highest BCUT2D eigenvalue weighted by Gasteiger charge is 2.41. The van der Waals surface area contributed by atoms with E-state index in [0.29, 0.717) is 23.1 Å². The standard InChI is InChI=1S/C60H83N13O13/c1-33(2)26-41-53(79)64-35(5)51(77)65-40(18-12-24-61)52(78)66-42(27-34(3)4)54(80)72-47(30-38-20-22-39(74)23-21-38)60(86)73-25-13-19-48(73)59(85)71-44(29-37-16-10-7-11-17-37)56(82)68-43(28-36-14-8-6-9-15-36)55(81)69-46(32-50(63)76)58(84)70-45(31-49(62)75)57(83)67-41/h6-11,14-17,20-23,33-35,40-48,74H,12-13,18-19,24-32,61H2,1-5H3,(H2,62,75)(H2,63,76)(H,64,79)(H,65,77)(H,66,78)(H,67,83)(H,68,82)(H,69,81)(H,70,84)(H,71,85)(H,72,80)/t35-,40-,41-,42-,43+,44-,45-,46-,47+,48-/m0/s1. The van der Waals surface area contributed by atoms with Crippen molar-refractivity contribution in [3.05, 3.63) is 102 Å². The zero-order chi connectivity index (χ0) is 63.2. The number of carbonyl (C=O) groups is 12. The summed E-state index contributed by atoms with van der Waals surface area (Å²) in [5.41, 5.74) is 18.6. The maximum atomic E-state index is 15.0. The van der Waals surface area contributed by atoms with E-state index in [4.69, 9.17) is 17.2 Å². The number of hydrogen-bond donors (Lipinski definition) is 13. The van der Waals surface area contributed by atoms with Gasteiger partial charge in [0.25, 0.3) is 0 Å². The molecule has 466 valence electrons. The van der Waals surface area contributed by atoms with Crippen LogP contribution in [0.25, 0.3) is 0 Å². The van der Waals surface area contributed by atoms with Gasteiger partial charge in [-0.05, 0) is 92.7 Å². The second-order valence-corrected chi connectivity index (χ2v) is 22.7. The van der Waals surface area contributed by atoms with Crippen LogP contribution in [0.2, 0.25) is 0 Å². The van der Waals surface area contributed by atoms with Gasteiger partial charge in [-0.3, -0.25) is 57.5 Å². The summed E-state index contributed by atoms with van der Waals surface area (Å²) < 4.78 is 0. The van der Waals surface area contributed by atoms with Crippen molar-refractivity contribution in [2.24, 2.45) is 29.0 Å². The van der Waals surface area contributed by atoms with Crippen LogP contribution in [-0.4, -0.2) is 154 Å². The number of amides is 12. The number of aromatic hydroxyl groups is 1. The Morgan fingerprint density at radius 3 is 1.33 bits per heavy atom. The maximum Gasteiger partial charge on any atom is 0.246 e. The van der Waals surface area contributed by atoms with Crippen LogP contribution in [0.15, 0.2) is 84.9 Å². The lowest BCUT2D eigenvalue weighted by atomic mass is 9.99. The molecule has 5 rings (SSSR count). The number of phenolic OH excluding ortho intramolecular Hbond substituents is 1. The summed E-state index contributed by atoms with van der Waals surface area (Å²) >= 11 is 0. The fraction of sp³-hybridized carbons (Fsp3) is 0.500. The van der Waals surface area contributed by atoms with Crippen LogP contribution in [0, 0.1) is 11.8 Å². The molecule has 3 aromatic rings. The molecule has 2 aliphatic heterocycles. The van der Waals surface area contributed by atoms with Crippen LogP contribution < -0.4 is 65.1 Å². The second kappa shape index (κ2) is 32.9. The van der Waals surface area contributed by atoms with Crippen molar-refractivity contribution in [1.29, 1.82) is 0 Å². The molecule has 2 aliphatic rings. The van der Waals surface area contributed by atoms with Gasteiger partial charge in [-0.15, -0.1) is 0 Å². The monoisotopic (exact) mass is 1190 g/mol. The quantitative estimate of drug-likeness (QED) is 0.0724. The first-order valence-electron chi connectivity index (χ1n) is 29.0. The summed E-state index contributed by atoms with van der Waals surface area (Å²) in [5.74, 6) is -11.7. The van der Waals surface area contributed by atoms with Crippen molar-refractivity contribution in [1.82, 2.24) is 52.8 Å². The van der Waals surface area contributed by atoms with E-state index in [0.717, 1.165) is 0 Å². The molecular weight excluding hydrogens is 1110 g/mol. The van der Waals surface area contributed by atoms with Crippen molar-refractivity contribution in [2.75, 3.05) is 13.1 Å². The Labute approximate surface area is 499 Å². The summed E-state index contributed by atoms with van der Waals surface area (Å²) in [6, 6.07) is 8.30. The van der Waals surface area contributed by atoms with E-state index in [1.807, 2.05) is 0 Å². The Hall–Kier alpha value is -8.94. The van der Waals surface area contributed by atoms with Crippen LogP contribution in [0.4, 0.5) is 0 Å². The van der Waals surface area contributed by atoms with Gasteiger partial charge in [0.1, 0.15) is 66.2 Å². The molecule has 10 atom stereocenters. The third-order valence-corrected chi connectivity index (χ3v) is 14.5. The van der Waals surface area contributed by atoms with Gasteiger partial charge in [-0.2, -0.15) is 0 Å². The number of nitrogens with one attached hydrogen (secondary N) is 9. The van der Waals surface area contributed by atoms with Gasteiger partial charge in [0, 0.05) is 25.8 Å². The van der Waals surface area contributed by atoms with Crippen LogP contribution in [-0.2, 0) is 76.8 Å². The number of hydrogen-bond acceptors (Lipinski definition) is 14. The topological polar surface area (TPSA) is 415 Å². The molecular formula is C60H83N13O13. The number of benzene rings is 3. The molecule has 16 N–H and O–H groups in total. The molecule has 26 nitrogen and oxygen atoms in total. The third kappa shape index (κ3) is 21.3. The van der Waals surface area contributed by atoms with Crippen LogP contribution >= 0.6 is 0 Å². The predicted octanol–water partition coefficient (Wildman–Crippen LogP) is -1.61. The van der Waals surface area contributed by atoms with Gasteiger partial charge in [-0.25, -0.2) is 0 Å². The molecule has 0 unspecified atom stereocenters. The Morgan fingerprint density at radius 2 is 0.860 bits per heavy atom. The van der Waals surface area contributed by atoms with Crippen molar-refractivity contribution in [3.8, 4) is 5.75 Å². The van der Waals surface area contributed by atoms with Gasteiger partial charge >= 0.3 is 0 Å². The highest BCUT2D eigenvalue weighted by atomic mass is 16.3. The smallest absolute Gasteiger partial charge is 0.246 e. The van der Waals surface area contributed by atoms with E-state index in [2.05, 4.69) is 47.9 Å². The van der Waals surface area contributed by atoms with Crippen LogP contribution in [0.5, 0.6) is 5.75 Å². The highest BCUT2D eigenvalue weighted by molar-refractivity contribution is 6.01. The van der Waals surface area contributed by atoms with Crippen molar-refractivity contribution in [3.63, 3.8) is 0 Å². The van der Waals surface area contributed by atoms with Crippen molar-refractivity contribution >= 4 is 70.9 Å². The van der Waals surface area contributed by atoms with Gasteiger partial charge in [-0.1, -0.05) is 100 Å². The summed E-state index contributed by atoms with van der Waals surface area (Å²) in [7, 11) is 0. The molecule has 0 bridgehead atoms. The molecule has 3 aromatic carbocycles. The molecule has 0 saturated carbocycles. The second-order valence-electron chi connectivity index (χ2n) is 22.7. The van der Waals surface area contributed by atoms with E-state index in [-0.39, 0.29) is 82.0 Å². The van der Waals surface area contributed by atoms with Gasteiger partial charge in [0.15, 0.2) is 0 Å². The molecule has 0 spiro atoms. The number of nitrogens with zero attached hydrogens (tertiary/aromatic N) is 1. The predicted molar refractivity (Wildman–Crippen MR) is 315 cm³/mol. The Morgan fingerprint density at radius 1 is 0.488 bits per heavy atom. The SMILES string of the molecule is CC(C)C[C@@H]1NC(=O)[C@H](CC(N)=O)NC(=O)[C@H](CC(N)=O)NC(=O)[C@@H](Cc2ccccc2)NC(=O)[C@H](Cc2ccccc2)NC(=O)[C@@H]2CCCN2C(=O)[C@@H](Cc2ccc(O)cc2)NC(=O)[C@H](CC(C)C)NC(=O)[C@H](CCCN)NC(=O)[C@H](C)NC1=O. The molecule has 26 heteroatoms. The third-order valence-electron chi connectivity index (χ3n) is 14.5. The summed E-state index contributed by atoms with van der Waals surface area (Å²) in [6.07, 6.45) is -1.52. The highest BCUT2D eigenvalue weighted by Crippen LogP contribution is 2.22. The lowest BCUT2D eigenvalue weighted by molar-refractivity contribution is -0.142. The fourth-order valence-electron chi connectivity index (χ4n) is 10.1. The van der Waals surface area contributed by atoms with Crippen LogP contribution in [0.1, 0.15) is 103 Å². The average Bonchev–Trinajstić information content (AvgIpc) is 3.40. The normalized spacial score (nSPS) is 24.8. The number of primary amides is 2. The minimum atomic E-state index is -1.85. The number of nitrogens with two attached hydrogens (primary N) is 3. The van der Waals surface area contributed by atoms with Gasteiger partial charge < -0.3 is 75.1 Å². The molecule has 86 heavy (non-hydrogen) atoms. The first-order chi connectivity index (χ1) is 40.8.